The Balaban J connectivity index is 1.62. The van der Waals surface area contributed by atoms with Crippen LogP contribution in [0.1, 0.15) is 24.8 Å². The van der Waals surface area contributed by atoms with Crippen molar-refractivity contribution in [2.24, 2.45) is 0 Å². The minimum absolute atomic E-state index is 0.00574. The van der Waals surface area contributed by atoms with Gasteiger partial charge in [0.2, 0.25) is 0 Å². The molecule has 0 aliphatic carbocycles. The quantitative estimate of drug-likeness (QED) is 0.695. The van der Waals surface area contributed by atoms with Crippen LogP contribution in [-0.2, 0) is 0 Å². The van der Waals surface area contributed by atoms with Crippen molar-refractivity contribution < 1.29 is 14.7 Å². The predicted octanol–water partition coefficient (Wildman–Crippen LogP) is 3.64. The average Bonchev–Trinajstić information content (AvgIpc) is 2.72. The molecule has 7 nitrogen and oxygen atoms in total. The van der Waals surface area contributed by atoms with Gasteiger partial charge >= 0.3 is 12.1 Å². The molecule has 2 heterocycles. The van der Waals surface area contributed by atoms with Crippen LogP contribution >= 0.6 is 11.6 Å². The van der Waals surface area contributed by atoms with Crippen LogP contribution in [0.5, 0.6) is 0 Å². The maximum Gasteiger partial charge on any atom is 0.326 e. The summed E-state index contributed by atoms with van der Waals surface area (Å²) in [5, 5.41) is 16.3. The van der Waals surface area contributed by atoms with Gasteiger partial charge in [-0.25, -0.2) is 9.59 Å². The largest absolute Gasteiger partial charge is 0.394 e. The zero-order valence-corrected chi connectivity index (χ0v) is 17.5. The number of nitrogens with one attached hydrogen (secondary N) is 2. The Labute approximate surface area is 180 Å². The molecule has 158 valence electrons. The van der Waals surface area contributed by atoms with Gasteiger partial charge in [-0.05, 0) is 36.2 Å². The maximum absolute atomic E-state index is 13.1. The Hall–Kier alpha value is -2.77. The van der Waals surface area contributed by atoms with Crippen molar-refractivity contribution in [3.63, 3.8) is 0 Å². The lowest BCUT2D eigenvalue weighted by Gasteiger charge is -2.58. The second-order valence-electron chi connectivity index (χ2n) is 7.59. The number of carbonyl (C=O) groups is 2. The van der Waals surface area contributed by atoms with Gasteiger partial charge in [-0.3, -0.25) is 4.90 Å². The zero-order valence-electron chi connectivity index (χ0n) is 16.7. The van der Waals surface area contributed by atoms with Crippen LogP contribution < -0.4 is 15.5 Å². The fraction of sp³-hybridized carbons (Fsp3) is 0.364. The number of likely N-dealkylation sites (tertiary alicyclic amines) is 1. The molecule has 2 aliphatic rings. The standard InChI is InChI=1S/C22H25ClN4O3/c1-2-10-24-21(29)27-18-12-26(22(30)25-15-7-5-6-14(23)11-15)17-9-4-3-8-16(17)20(18)19(27)13-28/h3-9,11,18-20,28H,2,10,12-13H2,1H3,(H,24,29)(H,25,30)/t18-,19-,20+/m0/s1. The van der Waals surface area contributed by atoms with E-state index in [1.54, 1.807) is 34.1 Å². The Morgan fingerprint density at radius 2 is 1.97 bits per heavy atom. The molecule has 1 fully saturated rings. The molecular formula is C22H25ClN4O3. The Morgan fingerprint density at radius 1 is 1.17 bits per heavy atom. The van der Waals surface area contributed by atoms with Crippen molar-refractivity contribution in [2.75, 3.05) is 29.9 Å². The molecule has 0 saturated carbocycles. The maximum atomic E-state index is 13.1. The molecule has 4 rings (SSSR count). The van der Waals surface area contributed by atoms with Crippen molar-refractivity contribution in [1.82, 2.24) is 10.2 Å². The predicted molar refractivity (Wildman–Crippen MR) is 117 cm³/mol. The molecule has 0 bridgehead atoms. The lowest BCUT2D eigenvalue weighted by Crippen LogP contribution is -2.72. The number of aliphatic hydroxyl groups excluding tert-OH is 1. The second kappa shape index (κ2) is 8.53. The van der Waals surface area contributed by atoms with E-state index in [0.717, 1.165) is 17.7 Å². The first kappa shape index (κ1) is 20.5. The smallest absolute Gasteiger partial charge is 0.326 e. The van der Waals surface area contributed by atoms with E-state index in [1.807, 2.05) is 31.2 Å². The number of halogens is 1. The van der Waals surface area contributed by atoms with Crippen molar-refractivity contribution >= 4 is 35.0 Å². The summed E-state index contributed by atoms with van der Waals surface area (Å²) >= 11 is 6.03. The van der Waals surface area contributed by atoms with E-state index in [0.29, 0.717) is 23.8 Å². The van der Waals surface area contributed by atoms with Gasteiger partial charge in [-0.1, -0.05) is 42.8 Å². The SMILES string of the molecule is CCCNC(=O)N1[C@@H](CO)[C@@H]2c3ccccc3N(C(=O)Nc3cccc(Cl)c3)C[C@@H]21. The van der Waals surface area contributed by atoms with Crippen molar-refractivity contribution in [2.45, 2.75) is 31.3 Å². The van der Waals surface area contributed by atoms with Crippen molar-refractivity contribution in [3.05, 3.63) is 59.1 Å². The summed E-state index contributed by atoms with van der Waals surface area (Å²) in [6, 6.07) is 13.7. The van der Waals surface area contributed by atoms with Crippen LogP contribution in [0.3, 0.4) is 0 Å². The van der Waals surface area contributed by atoms with Gasteiger partial charge in [-0.2, -0.15) is 0 Å². The fourth-order valence-corrected chi connectivity index (χ4v) is 4.63. The zero-order chi connectivity index (χ0) is 21.3. The summed E-state index contributed by atoms with van der Waals surface area (Å²) in [5.74, 6) is -0.00574. The molecule has 0 unspecified atom stereocenters. The molecule has 2 aromatic carbocycles. The van der Waals surface area contributed by atoms with Gasteiger partial charge in [0.15, 0.2) is 0 Å². The molecule has 0 radical (unpaired) electrons. The van der Waals surface area contributed by atoms with Gasteiger partial charge in [0, 0.05) is 35.4 Å². The normalized spacial score (nSPS) is 21.9. The molecule has 0 spiro atoms. The van der Waals surface area contributed by atoms with E-state index < -0.39 is 0 Å². The average molecular weight is 429 g/mol. The number of carbonyl (C=O) groups excluding carboxylic acids is 2. The summed E-state index contributed by atoms with van der Waals surface area (Å²) in [6.07, 6.45) is 0.828. The van der Waals surface area contributed by atoms with E-state index in [1.165, 1.54) is 0 Å². The molecule has 0 aromatic heterocycles. The number of para-hydroxylation sites is 1. The van der Waals surface area contributed by atoms with E-state index in [9.17, 15) is 14.7 Å². The summed E-state index contributed by atoms with van der Waals surface area (Å²) < 4.78 is 0. The van der Waals surface area contributed by atoms with Crippen LogP contribution in [0.2, 0.25) is 5.02 Å². The van der Waals surface area contributed by atoms with Gasteiger partial charge in [0.05, 0.1) is 18.7 Å². The number of aliphatic hydroxyl groups is 1. The van der Waals surface area contributed by atoms with Crippen molar-refractivity contribution in [3.8, 4) is 0 Å². The number of rotatable bonds is 4. The minimum Gasteiger partial charge on any atom is -0.394 e. The van der Waals surface area contributed by atoms with E-state index in [-0.39, 0.29) is 36.7 Å². The molecule has 30 heavy (non-hydrogen) atoms. The third kappa shape index (κ3) is 3.59. The topological polar surface area (TPSA) is 84.9 Å². The Kier molecular flexibility index (Phi) is 5.83. The number of hydrogen-bond acceptors (Lipinski definition) is 3. The highest BCUT2D eigenvalue weighted by molar-refractivity contribution is 6.30. The molecular weight excluding hydrogens is 404 g/mol. The second-order valence-corrected chi connectivity index (χ2v) is 8.03. The van der Waals surface area contributed by atoms with Gasteiger partial charge in [-0.15, -0.1) is 0 Å². The molecule has 3 N–H and O–H groups in total. The first-order valence-corrected chi connectivity index (χ1v) is 10.5. The monoisotopic (exact) mass is 428 g/mol. The Morgan fingerprint density at radius 3 is 2.70 bits per heavy atom. The lowest BCUT2D eigenvalue weighted by atomic mass is 9.72. The summed E-state index contributed by atoms with van der Waals surface area (Å²) in [4.78, 5) is 29.2. The van der Waals surface area contributed by atoms with E-state index in [2.05, 4.69) is 10.6 Å². The van der Waals surface area contributed by atoms with Gasteiger partial charge < -0.3 is 20.6 Å². The number of fused-ring (bicyclic) bond motifs is 3. The highest BCUT2D eigenvalue weighted by Crippen LogP contribution is 2.48. The lowest BCUT2D eigenvalue weighted by molar-refractivity contribution is -0.00673. The molecule has 8 heteroatoms. The van der Waals surface area contributed by atoms with E-state index >= 15 is 0 Å². The summed E-state index contributed by atoms with van der Waals surface area (Å²) in [7, 11) is 0. The van der Waals surface area contributed by atoms with Crippen molar-refractivity contribution in [1.29, 1.82) is 0 Å². The third-order valence-corrected chi connectivity index (χ3v) is 6.00. The molecule has 3 atom stereocenters. The third-order valence-electron chi connectivity index (χ3n) is 5.77. The first-order chi connectivity index (χ1) is 14.5. The van der Waals surface area contributed by atoms with Crippen LogP contribution in [0.25, 0.3) is 0 Å². The number of nitrogens with zero attached hydrogens (tertiary/aromatic N) is 2. The highest BCUT2D eigenvalue weighted by atomic mass is 35.5. The first-order valence-electron chi connectivity index (χ1n) is 10.1. The minimum atomic E-state index is -0.300. The number of hydrogen-bond donors (Lipinski definition) is 3. The van der Waals surface area contributed by atoms with Gasteiger partial charge in [0.25, 0.3) is 0 Å². The fourth-order valence-electron chi connectivity index (χ4n) is 4.44. The number of amides is 4. The van der Waals surface area contributed by atoms with Crippen LogP contribution in [0, 0.1) is 0 Å². The molecule has 2 aromatic rings. The van der Waals surface area contributed by atoms with Gasteiger partial charge in [0.1, 0.15) is 0 Å². The summed E-state index contributed by atoms with van der Waals surface area (Å²) in [6.45, 7) is 2.79. The van der Waals surface area contributed by atoms with E-state index in [4.69, 9.17) is 11.6 Å². The van der Waals surface area contributed by atoms with Crippen LogP contribution in [0.4, 0.5) is 21.0 Å². The van der Waals surface area contributed by atoms with Crippen LogP contribution in [0.15, 0.2) is 48.5 Å². The Bertz CT molecular complexity index is 953. The van der Waals surface area contributed by atoms with Crippen LogP contribution in [-0.4, -0.2) is 53.8 Å². The number of anilines is 2. The number of urea groups is 2. The highest BCUT2D eigenvalue weighted by Gasteiger charge is 2.55. The molecule has 1 saturated heterocycles. The molecule has 4 amide bonds. The molecule has 2 aliphatic heterocycles. The number of benzene rings is 2. The summed E-state index contributed by atoms with van der Waals surface area (Å²) in [5.41, 5.74) is 2.37.